The van der Waals surface area contributed by atoms with Gasteiger partial charge in [0, 0.05) is 18.8 Å². The fourth-order valence-corrected chi connectivity index (χ4v) is 1.80. The highest BCUT2D eigenvalue weighted by Crippen LogP contribution is 2.14. The van der Waals surface area contributed by atoms with Crippen LogP contribution in [0.15, 0.2) is 35.1 Å². The summed E-state index contributed by atoms with van der Waals surface area (Å²) in [6.45, 7) is 2.98. The van der Waals surface area contributed by atoms with Crippen LogP contribution in [0.4, 0.5) is 10.1 Å². The maximum Gasteiger partial charge on any atom is 0.359 e. The van der Waals surface area contributed by atoms with Gasteiger partial charge < -0.3 is 10.1 Å². The second kappa shape index (κ2) is 7.03. The number of hydrogen-bond acceptors (Lipinski definition) is 5. The first kappa shape index (κ1) is 17.3. The summed E-state index contributed by atoms with van der Waals surface area (Å²) < 4.78 is 19.4. The lowest BCUT2D eigenvalue weighted by atomic mass is 10.2. The molecule has 8 heteroatoms. The zero-order valence-electron chi connectivity index (χ0n) is 13.4. The molecule has 0 saturated heterocycles. The third-order valence-electron chi connectivity index (χ3n) is 3.26. The van der Waals surface area contributed by atoms with Gasteiger partial charge in [0.15, 0.2) is 11.8 Å². The number of halogens is 1. The van der Waals surface area contributed by atoms with Crippen molar-refractivity contribution in [1.82, 2.24) is 9.78 Å². The molecular weight excluding hydrogens is 317 g/mol. The van der Waals surface area contributed by atoms with Crippen LogP contribution in [-0.2, 0) is 16.6 Å². The van der Waals surface area contributed by atoms with Crippen LogP contribution in [0.1, 0.15) is 23.0 Å². The number of esters is 1. The van der Waals surface area contributed by atoms with Gasteiger partial charge in [-0.15, -0.1) is 0 Å². The molecular formula is C16H16FN3O4. The first-order valence-corrected chi connectivity index (χ1v) is 7.10. The molecule has 24 heavy (non-hydrogen) atoms. The summed E-state index contributed by atoms with van der Waals surface area (Å²) in [6.07, 6.45) is -1.12. The van der Waals surface area contributed by atoms with Gasteiger partial charge in [-0.3, -0.25) is 9.59 Å². The van der Waals surface area contributed by atoms with Crippen molar-refractivity contribution in [2.24, 2.45) is 7.05 Å². The lowest BCUT2D eigenvalue weighted by Gasteiger charge is -2.13. The second-order valence-electron chi connectivity index (χ2n) is 5.18. The number of nitrogens with one attached hydrogen (secondary N) is 1. The lowest BCUT2D eigenvalue weighted by Crippen LogP contribution is -2.31. The van der Waals surface area contributed by atoms with E-state index in [-0.39, 0.29) is 16.9 Å². The summed E-state index contributed by atoms with van der Waals surface area (Å²) in [7, 11) is 1.39. The zero-order valence-corrected chi connectivity index (χ0v) is 13.4. The number of carbonyl (C=O) groups excluding carboxylic acids is 2. The van der Waals surface area contributed by atoms with E-state index in [1.807, 2.05) is 0 Å². The Kier molecular flexibility index (Phi) is 5.08. The number of nitrogens with zero attached hydrogens (tertiary/aromatic N) is 2. The molecule has 1 amide bonds. The van der Waals surface area contributed by atoms with Crippen LogP contribution in [0, 0.1) is 12.7 Å². The average Bonchev–Trinajstić information content (AvgIpc) is 2.53. The molecule has 1 aromatic carbocycles. The number of hydrogen-bond donors (Lipinski definition) is 1. The van der Waals surface area contributed by atoms with Gasteiger partial charge in [-0.1, -0.05) is 6.07 Å². The Bertz CT molecular complexity index is 847. The smallest absolute Gasteiger partial charge is 0.359 e. The Labute approximate surface area is 137 Å². The molecule has 2 rings (SSSR count). The van der Waals surface area contributed by atoms with Crippen LogP contribution >= 0.6 is 0 Å². The van der Waals surface area contributed by atoms with Crippen molar-refractivity contribution >= 4 is 17.6 Å². The topological polar surface area (TPSA) is 90.3 Å². The van der Waals surface area contributed by atoms with E-state index in [0.29, 0.717) is 5.56 Å². The third kappa shape index (κ3) is 4.03. The van der Waals surface area contributed by atoms with E-state index >= 15 is 0 Å². The minimum Gasteiger partial charge on any atom is -0.448 e. The molecule has 0 saturated carbocycles. The van der Waals surface area contributed by atoms with Gasteiger partial charge >= 0.3 is 5.97 Å². The molecule has 1 unspecified atom stereocenters. The summed E-state index contributed by atoms with van der Waals surface area (Å²) in [5.74, 6) is -1.91. The number of ether oxygens (including phenoxy) is 1. The molecule has 1 heterocycles. The predicted molar refractivity (Wildman–Crippen MR) is 84.1 cm³/mol. The lowest BCUT2D eigenvalue weighted by molar-refractivity contribution is -0.123. The summed E-state index contributed by atoms with van der Waals surface area (Å²) in [5.41, 5.74) is 0.233. The van der Waals surface area contributed by atoms with Gasteiger partial charge in [0.25, 0.3) is 11.5 Å². The van der Waals surface area contributed by atoms with Crippen LogP contribution in [0.25, 0.3) is 0 Å². The zero-order chi connectivity index (χ0) is 17.9. The van der Waals surface area contributed by atoms with Crippen LogP contribution in [0.5, 0.6) is 0 Å². The number of aromatic nitrogens is 2. The number of amides is 1. The van der Waals surface area contributed by atoms with Gasteiger partial charge in [0.05, 0.1) is 0 Å². The number of anilines is 1. The minimum absolute atomic E-state index is 0.0990. The molecule has 2 aromatic rings. The average molecular weight is 333 g/mol. The fourth-order valence-electron chi connectivity index (χ4n) is 1.80. The highest BCUT2D eigenvalue weighted by molar-refractivity contribution is 5.96. The monoisotopic (exact) mass is 333 g/mol. The molecule has 1 atom stereocenters. The quantitative estimate of drug-likeness (QED) is 0.855. The SMILES string of the molecule is Cc1ccc(NC(=O)C(C)OC(=O)c2ccc(=O)n(C)n2)cc1F. The summed E-state index contributed by atoms with van der Waals surface area (Å²) in [6, 6.07) is 6.62. The number of rotatable bonds is 4. The van der Waals surface area contributed by atoms with Crippen molar-refractivity contribution in [1.29, 1.82) is 0 Å². The Balaban J connectivity index is 2.02. The normalized spacial score (nSPS) is 11.7. The van der Waals surface area contributed by atoms with E-state index < -0.39 is 23.8 Å². The maximum atomic E-state index is 13.5. The van der Waals surface area contributed by atoms with Crippen molar-refractivity contribution in [2.75, 3.05) is 5.32 Å². The molecule has 7 nitrogen and oxygen atoms in total. The minimum atomic E-state index is -1.12. The Morgan fingerprint density at radius 2 is 2.00 bits per heavy atom. The van der Waals surface area contributed by atoms with Crippen LogP contribution in [-0.4, -0.2) is 27.8 Å². The molecule has 0 spiro atoms. The van der Waals surface area contributed by atoms with Crippen LogP contribution in [0.3, 0.4) is 0 Å². The number of benzene rings is 1. The highest BCUT2D eigenvalue weighted by Gasteiger charge is 2.20. The Morgan fingerprint density at radius 1 is 1.29 bits per heavy atom. The van der Waals surface area contributed by atoms with Gasteiger partial charge in [0.2, 0.25) is 0 Å². The summed E-state index contributed by atoms with van der Waals surface area (Å²) in [5, 5.41) is 6.19. The van der Waals surface area contributed by atoms with Gasteiger partial charge in [-0.05, 0) is 37.6 Å². The first-order chi connectivity index (χ1) is 11.3. The van der Waals surface area contributed by atoms with E-state index in [1.165, 1.54) is 38.2 Å². The Morgan fingerprint density at radius 3 is 2.62 bits per heavy atom. The van der Waals surface area contributed by atoms with Gasteiger partial charge in [0.1, 0.15) is 5.82 Å². The first-order valence-electron chi connectivity index (χ1n) is 7.10. The van der Waals surface area contributed by atoms with Crippen molar-refractivity contribution in [2.45, 2.75) is 20.0 Å². The number of aryl methyl sites for hydroxylation is 2. The molecule has 126 valence electrons. The van der Waals surface area contributed by atoms with Crippen molar-refractivity contribution in [3.05, 3.63) is 57.8 Å². The van der Waals surface area contributed by atoms with E-state index in [9.17, 15) is 18.8 Å². The summed E-state index contributed by atoms with van der Waals surface area (Å²) in [4.78, 5) is 35.2. The highest BCUT2D eigenvalue weighted by atomic mass is 19.1. The van der Waals surface area contributed by atoms with E-state index in [4.69, 9.17) is 4.74 Å². The molecule has 0 aliphatic rings. The fraction of sp³-hybridized carbons (Fsp3) is 0.250. The predicted octanol–water partition coefficient (Wildman–Crippen LogP) is 1.41. The number of carbonyl (C=O) groups is 2. The second-order valence-corrected chi connectivity index (χ2v) is 5.18. The Hall–Kier alpha value is -3.03. The van der Waals surface area contributed by atoms with Gasteiger partial charge in [-0.2, -0.15) is 5.10 Å². The molecule has 1 N–H and O–H groups in total. The summed E-state index contributed by atoms with van der Waals surface area (Å²) >= 11 is 0. The molecule has 0 aliphatic heterocycles. The molecule has 0 aliphatic carbocycles. The van der Waals surface area contributed by atoms with Crippen molar-refractivity contribution < 1.29 is 18.7 Å². The maximum absolute atomic E-state index is 13.5. The molecule has 0 bridgehead atoms. The van der Waals surface area contributed by atoms with Crippen molar-refractivity contribution in [3.8, 4) is 0 Å². The van der Waals surface area contributed by atoms with Crippen LogP contribution < -0.4 is 10.9 Å². The molecule has 0 radical (unpaired) electrons. The van der Waals surface area contributed by atoms with Gasteiger partial charge in [-0.25, -0.2) is 13.9 Å². The van der Waals surface area contributed by atoms with Crippen molar-refractivity contribution in [3.63, 3.8) is 0 Å². The standard InChI is InChI=1S/C16H16FN3O4/c1-9-4-5-11(8-12(9)17)18-15(22)10(2)24-16(23)13-6-7-14(21)20(3)19-13/h4-8,10H,1-3H3,(H,18,22). The largest absolute Gasteiger partial charge is 0.448 e. The molecule has 1 aromatic heterocycles. The van der Waals surface area contributed by atoms with Crippen LogP contribution in [0.2, 0.25) is 0 Å². The molecule has 0 fully saturated rings. The van der Waals surface area contributed by atoms with E-state index in [0.717, 1.165) is 4.68 Å². The van der Waals surface area contributed by atoms with E-state index in [2.05, 4.69) is 10.4 Å². The third-order valence-corrected chi connectivity index (χ3v) is 3.26. The van der Waals surface area contributed by atoms with E-state index in [1.54, 1.807) is 13.0 Å².